The Balaban J connectivity index is 0.867. The summed E-state index contributed by atoms with van der Waals surface area (Å²) in [5.74, 6) is -6.23. The van der Waals surface area contributed by atoms with Crippen molar-refractivity contribution in [3.05, 3.63) is 167 Å². The molecule has 94 heavy (non-hydrogen) atoms. The van der Waals surface area contributed by atoms with Crippen molar-refractivity contribution in [2.24, 2.45) is 57.3 Å². The number of rotatable bonds is 14. The molecule has 0 spiro atoms. The van der Waals surface area contributed by atoms with Crippen LogP contribution in [0, 0.1) is 47.3 Å². The maximum atomic E-state index is 15.6. The molecule has 8 aromatic rings. The Hall–Kier alpha value is -8.56. The van der Waals surface area contributed by atoms with Gasteiger partial charge >= 0.3 is 35.1 Å². The first-order valence-electron chi connectivity index (χ1n) is 32.3. The zero-order valence-electron chi connectivity index (χ0n) is 50.9. The zero-order valence-corrected chi connectivity index (χ0v) is 54.1. The van der Waals surface area contributed by atoms with E-state index in [4.69, 9.17) is 38.4 Å². The molecule has 16 nitrogen and oxygen atoms in total. The molecule has 8 unspecified atom stereocenters. The molecule has 4 aromatic carbocycles. The molecule has 2 aliphatic heterocycles. The topological polar surface area (TPSA) is 217 Å². The molecule has 0 radical (unpaired) electrons. The SMILES string of the molecule is O=C1C(=Nc2cc3c(s2)-c2sc4c5c(sc4c2OC3(C(=O)OCc2ccccc2)C(=O)OCc2ccccc2)-c2sc(N=C3C(=O)C4CC6CCCCC6CC4C3=O)cc2C(C(=O)OCc2ccccc2)(C(=O)OCc2ccccc2)O5)C(=O)C2CC3CCCCC3CC12. The highest BCUT2D eigenvalue weighted by Gasteiger charge is 2.63. The number of benzene rings is 4. The van der Waals surface area contributed by atoms with Crippen LogP contribution in [0.3, 0.4) is 0 Å². The molecule has 0 bridgehead atoms. The standard InChI is InChI=1S/C74H62N2O14S4/c77-57-47-29-43-25-13-14-26-44(43)30-48(47)58(78)55(57)75-53-33-51-63(91-53)65-61(89-73(51,69(81)85-35-39-17-5-1-6-18-39)70(82)86-36-40-19-7-2-8-20-40)67-68(93-65)62-66(94-67)64-52(34-54(92-64)76-56-59(79)49-31-45-27-15-16-28-46(45)32-50(49)60(56)80)74(90-62,71(83)87-37-41-21-9-3-10-22-41)72(84)88-38-42-23-11-4-12-24-42/h1-12,17-24,33-34,43-50H,13-16,25-32,35-38H2. The van der Waals surface area contributed by atoms with Crippen LogP contribution in [0.4, 0.5) is 10.0 Å². The van der Waals surface area contributed by atoms with Crippen molar-refractivity contribution in [2.45, 2.75) is 115 Å². The number of aliphatic imine (C=N–C) groups is 2. The van der Waals surface area contributed by atoms with Crippen molar-refractivity contribution in [1.29, 1.82) is 0 Å². The lowest BCUT2D eigenvalue weighted by Crippen LogP contribution is -2.52. The number of hydrogen-bond acceptors (Lipinski definition) is 20. The van der Waals surface area contributed by atoms with E-state index in [1.807, 2.05) is 24.3 Å². The van der Waals surface area contributed by atoms with Gasteiger partial charge in [-0.2, -0.15) is 0 Å². The summed E-state index contributed by atoms with van der Waals surface area (Å²) in [4.78, 5) is 132. The quantitative estimate of drug-likeness (QED) is 0.0562. The van der Waals surface area contributed by atoms with Crippen LogP contribution < -0.4 is 9.47 Å². The van der Waals surface area contributed by atoms with Crippen LogP contribution in [0.25, 0.3) is 28.9 Å². The van der Waals surface area contributed by atoms with E-state index in [2.05, 4.69) is 0 Å². The van der Waals surface area contributed by atoms with Gasteiger partial charge in [-0.3, -0.25) is 19.2 Å². The highest BCUT2D eigenvalue weighted by atomic mass is 32.1. The van der Waals surface area contributed by atoms with Crippen molar-refractivity contribution >= 4 is 123 Å². The number of ketones is 4. The first-order chi connectivity index (χ1) is 45.8. The second kappa shape index (κ2) is 24.3. The van der Waals surface area contributed by atoms with E-state index in [1.54, 1.807) is 97.1 Å². The van der Waals surface area contributed by atoms with E-state index in [9.17, 15) is 19.2 Å². The summed E-state index contributed by atoms with van der Waals surface area (Å²) >= 11 is 4.37. The monoisotopic (exact) mass is 1330 g/mol. The van der Waals surface area contributed by atoms with E-state index < -0.39 is 58.8 Å². The third kappa shape index (κ3) is 10.2. The Morgan fingerprint density at radius 2 is 0.670 bits per heavy atom. The Kier molecular flexibility index (Phi) is 15.6. The van der Waals surface area contributed by atoms with E-state index in [0.717, 1.165) is 96.7 Å². The van der Waals surface area contributed by atoms with Crippen molar-refractivity contribution in [1.82, 2.24) is 0 Å². The predicted molar refractivity (Wildman–Crippen MR) is 353 cm³/mol. The molecule has 0 N–H and O–H groups in total. The summed E-state index contributed by atoms with van der Waals surface area (Å²) in [6.07, 6.45) is 10.9. The summed E-state index contributed by atoms with van der Waals surface area (Å²) in [5.41, 5.74) is -3.34. The van der Waals surface area contributed by atoms with Crippen molar-refractivity contribution < 1.29 is 66.8 Å². The minimum atomic E-state index is -2.72. The van der Waals surface area contributed by atoms with Gasteiger partial charge in [-0.25, -0.2) is 29.2 Å². The number of esters is 4. The molecule has 0 amide bonds. The molecule has 8 atom stereocenters. The van der Waals surface area contributed by atoms with Gasteiger partial charge in [-0.1, -0.05) is 173 Å². The Bertz CT molecular complexity index is 4030. The molecular formula is C74H62N2O14S4. The summed E-state index contributed by atoms with van der Waals surface area (Å²) in [7, 11) is 0. The van der Waals surface area contributed by atoms with Gasteiger partial charge in [0.1, 0.15) is 36.4 Å². The van der Waals surface area contributed by atoms with Crippen LogP contribution in [0.1, 0.15) is 110 Å². The number of nitrogens with zero attached hydrogens (tertiary/aromatic N) is 2. The van der Waals surface area contributed by atoms with Crippen molar-refractivity contribution in [3.8, 4) is 31.0 Å². The van der Waals surface area contributed by atoms with Crippen LogP contribution in [0.15, 0.2) is 143 Å². The van der Waals surface area contributed by atoms with Crippen LogP contribution >= 0.6 is 45.3 Å². The van der Waals surface area contributed by atoms with E-state index >= 15 is 19.2 Å². The average molecular weight is 1330 g/mol. The third-order valence-corrected chi connectivity index (χ3v) is 25.5. The highest BCUT2D eigenvalue weighted by molar-refractivity contribution is 7.35. The maximum absolute atomic E-state index is 15.6. The average Bonchev–Trinajstić information content (AvgIpc) is 1.51. The molecule has 6 aliphatic carbocycles. The van der Waals surface area contributed by atoms with Gasteiger partial charge in [0.25, 0.3) is 0 Å². The van der Waals surface area contributed by atoms with Gasteiger partial charge < -0.3 is 28.4 Å². The number of thiophene rings is 4. The minimum Gasteiger partial charge on any atom is -0.457 e. The largest absolute Gasteiger partial charge is 0.457 e. The first kappa shape index (κ1) is 60.4. The number of hydrogen-bond donors (Lipinski definition) is 0. The van der Waals surface area contributed by atoms with Crippen LogP contribution in [-0.4, -0.2) is 58.4 Å². The normalized spacial score (nSPS) is 24.2. The second-order valence-electron chi connectivity index (χ2n) is 26.0. The van der Waals surface area contributed by atoms with Crippen molar-refractivity contribution in [3.63, 3.8) is 0 Å². The van der Waals surface area contributed by atoms with E-state index in [0.29, 0.717) is 101 Å². The first-order valence-corrected chi connectivity index (χ1v) is 35.6. The zero-order chi connectivity index (χ0) is 64.0. The summed E-state index contributed by atoms with van der Waals surface area (Å²) in [5, 5.41) is 0.298. The molecular weight excluding hydrogens is 1270 g/mol. The molecule has 6 heterocycles. The predicted octanol–water partition coefficient (Wildman–Crippen LogP) is 14.7. The fraction of sp³-hybridized carbons (Fsp3) is 0.351. The molecule has 6 fully saturated rings. The smallest absolute Gasteiger partial charge is 0.367 e. The molecule has 6 saturated carbocycles. The van der Waals surface area contributed by atoms with Gasteiger partial charge in [0, 0.05) is 34.8 Å². The Morgan fingerprint density at radius 1 is 0.394 bits per heavy atom. The Labute approximate surface area is 556 Å². The van der Waals surface area contributed by atoms with Crippen LogP contribution in [-0.2, 0) is 94.9 Å². The molecule has 20 heteroatoms. The number of carbonyl (C=O) groups excluding carboxylic acids is 8. The highest BCUT2D eigenvalue weighted by Crippen LogP contribution is 2.66. The van der Waals surface area contributed by atoms with Gasteiger partial charge in [0.2, 0.25) is 0 Å². The van der Waals surface area contributed by atoms with E-state index in [1.165, 1.54) is 12.1 Å². The van der Waals surface area contributed by atoms with Crippen molar-refractivity contribution in [2.75, 3.05) is 0 Å². The number of fused-ring (bicyclic) bond motifs is 13. The maximum Gasteiger partial charge on any atom is 0.367 e. The summed E-state index contributed by atoms with van der Waals surface area (Å²) < 4.78 is 39.5. The van der Waals surface area contributed by atoms with Crippen LogP contribution in [0.2, 0.25) is 0 Å². The number of Topliss-reactive ketones (excluding diaryl/α,β-unsaturated/α-hetero) is 4. The summed E-state index contributed by atoms with van der Waals surface area (Å²) in [6.45, 7) is -1.10. The number of ether oxygens (including phenoxy) is 6. The molecule has 16 rings (SSSR count). The fourth-order valence-corrected chi connectivity index (χ4v) is 21.0. The summed E-state index contributed by atoms with van der Waals surface area (Å²) in [6, 6.07) is 38.7. The van der Waals surface area contributed by atoms with Crippen LogP contribution in [0.5, 0.6) is 11.5 Å². The van der Waals surface area contributed by atoms with Gasteiger partial charge in [-0.15, -0.1) is 45.3 Å². The Morgan fingerprint density at radius 3 is 0.947 bits per heavy atom. The lowest BCUT2D eigenvalue weighted by atomic mass is 9.64. The van der Waals surface area contributed by atoms with Gasteiger partial charge in [0.15, 0.2) is 46.1 Å². The second-order valence-corrected chi connectivity index (χ2v) is 30.1. The molecule has 476 valence electrons. The molecule has 0 saturated heterocycles. The third-order valence-electron chi connectivity index (χ3n) is 20.6. The molecule has 4 aromatic heterocycles. The fourth-order valence-electron chi connectivity index (χ4n) is 15.9. The lowest BCUT2D eigenvalue weighted by Gasteiger charge is -2.39. The van der Waals surface area contributed by atoms with Gasteiger partial charge in [-0.05, 0) is 83.7 Å². The number of carbonyl (C=O) groups is 8. The lowest BCUT2D eigenvalue weighted by molar-refractivity contribution is -0.185. The van der Waals surface area contributed by atoms with Gasteiger partial charge in [0.05, 0.1) is 28.9 Å². The minimum absolute atomic E-state index is 0.00673. The molecule has 8 aliphatic rings. The van der Waals surface area contributed by atoms with E-state index in [-0.39, 0.29) is 93.6 Å².